The smallest absolute Gasteiger partial charge is 0.226 e. The Bertz CT molecular complexity index is 300. The van der Waals surface area contributed by atoms with E-state index in [0.717, 1.165) is 25.8 Å². The number of amides is 2. The minimum Gasteiger partial charge on any atom is -0.352 e. The van der Waals surface area contributed by atoms with Gasteiger partial charge in [0.05, 0.1) is 0 Å². The van der Waals surface area contributed by atoms with Crippen LogP contribution in [0.15, 0.2) is 0 Å². The Labute approximate surface area is 121 Å². The van der Waals surface area contributed by atoms with Crippen LogP contribution < -0.4 is 11.1 Å². The van der Waals surface area contributed by atoms with Gasteiger partial charge in [0.2, 0.25) is 11.8 Å². The summed E-state index contributed by atoms with van der Waals surface area (Å²) in [6.07, 6.45) is 3.31. The normalized spacial score (nSPS) is 20.4. The van der Waals surface area contributed by atoms with Crippen LogP contribution in [0.2, 0.25) is 0 Å². The Hall–Kier alpha value is -0.810. The molecule has 0 aromatic heterocycles. The topological polar surface area (TPSA) is 75.4 Å². The summed E-state index contributed by atoms with van der Waals surface area (Å²) >= 11 is 0. The van der Waals surface area contributed by atoms with Gasteiger partial charge in [0, 0.05) is 38.0 Å². The minimum absolute atomic E-state index is 0. The van der Waals surface area contributed by atoms with Gasteiger partial charge in [-0.3, -0.25) is 9.59 Å². The van der Waals surface area contributed by atoms with Crippen molar-refractivity contribution in [1.29, 1.82) is 0 Å². The standard InChI is InChI=1S/C13H25N3O2.ClH/c1-3-5-12(17)15-11-6-4-7-16(9-11)13(18)10(2)8-14;/h10-11H,3-9,14H2,1-2H3,(H,15,17);1H. The SMILES string of the molecule is CCCC(=O)NC1CCCN(C(=O)C(C)CN)C1.Cl. The number of hydrogen-bond donors (Lipinski definition) is 2. The van der Waals surface area contributed by atoms with E-state index in [1.807, 2.05) is 18.7 Å². The number of carbonyl (C=O) groups is 2. The van der Waals surface area contributed by atoms with Crippen LogP contribution in [0, 0.1) is 5.92 Å². The molecule has 2 atom stereocenters. The first-order chi connectivity index (χ1) is 8.58. The van der Waals surface area contributed by atoms with Crippen LogP contribution in [0.3, 0.4) is 0 Å². The highest BCUT2D eigenvalue weighted by Gasteiger charge is 2.26. The van der Waals surface area contributed by atoms with Crippen LogP contribution in [-0.4, -0.2) is 42.4 Å². The molecule has 5 nitrogen and oxygen atoms in total. The molecule has 0 spiro atoms. The van der Waals surface area contributed by atoms with E-state index in [2.05, 4.69) is 5.32 Å². The Balaban J connectivity index is 0.00000324. The average Bonchev–Trinajstić information content (AvgIpc) is 2.37. The fourth-order valence-corrected chi connectivity index (χ4v) is 2.23. The lowest BCUT2D eigenvalue weighted by Crippen LogP contribution is -2.51. The van der Waals surface area contributed by atoms with Crippen LogP contribution >= 0.6 is 12.4 Å². The summed E-state index contributed by atoms with van der Waals surface area (Å²) in [5.41, 5.74) is 5.52. The van der Waals surface area contributed by atoms with Gasteiger partial charge in [0.15, 0.2) is 0 Å². The molecule has 112 valence electrons. The molecule has 19 heavy (non-hydrogen) atoms. The Kier molecular flexibility index (Phi) is 8.76. The molecule has 1 saturated heterocycles. The van der Waals surface area contributed by atoms with Crippen molar-refractivity contribution in [2.24, 2.45) is 11.7 Å². The van der Waals surface area contributed by atoms with Crippen molar-refractivity contribution in [2.45, 2.75) is 45.6 Å². The number of halogens is 1. The summed E-state index contributed by atoms with van der Waals surface area (Å²) in [4.78, 5) is 25.4. The molecular formula is C13H26ClN3O2. The fraction of sp³-hybridized carbons (Fsp3) is 0.846. The number of hydrogen-bond acceptors (Lipinski definition) is 3. The van der Waals surface area contributed by atoms with Crippen LogP contribution in [0.4, 0.5) is 0 Å². The van der Waals surface area contributed by atoms with Crippen molar-refractivity contribution in [2.75, 3.05) is 19.6 Å². The van der Waals surface area contributed by atoms with E-state index in [4.69, 9.17) is 5.73 Å². The second-order valence-corrected chi connectivity index (χ2v) is 5.08. The third-order valence-corrected chi connectivity index (χ3v) is 3.35. The molecule has 2 unspecified atom stereocenters. The molecule has 2 amide bonds. The van der Waals surface area contributed by atoms with E-state index >= 15 is 0 Å². The molecule has 1 heterocycles. The third kappa shape index (κ3) is 5.78. The number of likely N-dealkylation sites (tertiary alicyclic amines) is 1. The maximum Gasteiger partial charge on any atom is 0.226 e. The van der Waals surface area contributed by atoms with Crippen LogP contribution in [0.5, 0.6) is 0 Å². The number of rotatable bonds is 5. The van der Waals surface area contributed by atoms with Crippen molar-refractivity contribution in [3.05, 3.63) is 0 Å². The van der Waals surface area contributed by atoms with Gasteiger partial charge in [-0.05, 0) is 19.3 Å². The first-order valence-corrected chi connectivity index (χ1v) is 6.86. The number of nitrogens with two attached hydrogens (primary N) is 1. The van der Waals surface area contributed by atoms with Gasteiger partial charge in [0.1, 0.15) is 0 Å². The van der Waals surface area contributed by atoms with Gasteiger partial charge >= 0.3 is 0 Å². The molecule has 3 N–H and O–H groups in total. The van der Waals surface area contributed by atoms with Crippen molar-refractivity contribution >= 4 is 24.2 Å². The molecule has 0 aromatic rings. The highest BCUT2D eigenvalue weighted by Crippen LogP contribution is 2.13. The molecule has 1 rings (SSSR count). The zero-order valence-corrected chi connectivity index (χ0v) is 12.7. The lowest BCUT2D eigenvalue weighted by molar-refractivity contribution is -0.136. The number of nitrogens with one attached hydrogen (secondary N) is 1. The Morgan fingerprint density at radius 3 is 2.74 bits per heavy atom. The van der Waals surface area contributed by atoms with Crippen molar-refractivity contribution in [1.82, 2.24) is 10.2 Å². The van der Waals surface area contributed by atoms with Crippen molar-refractivity contribution in [3.63, 3.8) is 0 Å². The van der Waals surface area contributed by atoms with Crippen LogP contribution in [0.25, 0.3) is 0 Å². The molecule has 1 fully saturated rings. The first-order valence-electron chi connectivity index (χ1n) is 6.86. The minimum atomic E-state index is -0.130. The van der Waals surface area contributed by atoms with Gasteiger partial charge in [0.25, 0.3) is 0 Å². The summed E-state index contributed by atoms with van der Waals surface area (Å²) in [6.45, 7) is 5.62. The Morgan fingerprint density at radius 1 is 1.47 bits per heavy atom. The van der Waals surface area contributed by atoms with E-state index < -0.39 is 0 Å². The molecule has 1 aliphatic rings. The quantitative estimate of drug-likeness (QED) is 0.790. The maximum atomic E-state index is 12.0. The average molecular weight is 292 g/mol. The van der Waals surface area contributed by atoms with Crippen LogP contribution in [-0.2, 0) is 9.59 Å². The second-order valence-electron chi connectivity index (χ2n) is 5.08. The van der Waals surface area contributed by atoms with Crippen LogP contribution in [0.1, 0.15) is 39.5 Å². The molecule has 0 radical (unpaired) electrons. The predicted octanol–water partition coefficient (Wildman–Crippen LogP) is 0.910. The summed E-state index contributed by atoms with van der Waals surface area (Å²) in [7, 11) is 0. The zero-order valence-electron chi connectivity index (χ0n) is 11.9. The summed E-state index contributed by atoms with van der Waals surface area (Å²) in [6, 6.07) is 0.103. The highest BCUT2D eigenvalue weighted by atomic mass is 35.5. The lowest BCUT2D eigenvalue weighted by Gasteiger charge is -2.34. The predicted molar refractivity (Wildman–Crippen MR) is 78.1 cm³/mol. The second kappa shape index (κ2) is 9.15. The molecule has 0 aromatic carbocycles. The van der Waals surface area contributed by atoms with E-state index in [-0.39, 0.29) is 36.2 Å². The molecule has 0 aliphatic carbocycles. The van der Waals surface area contributed by atoms with Gasteiger partial charge in [-0.2, -0.15) is 0 Å². The zero-order chi connectivity index (χ0) is 13.5. The van der Waals surface area contributed by atoms with Crippen molar-refractivity contribution in [3.8, 4) is 0 Å². The number of piperidine rings is 1. The van der Waals surface area contributed by atoms with E-state index in [0.29, 0.717) is 19.5 Å². The summed E-state index contributed by atoms with van der Waals surface area (Å²) < 4.78 is 0. The molecular weight excluding hydrogens is 266 g/mol. The fourth-order valence-electron chi connectivity index (χ4n) is 2.23. The summed E-state index contributed by atoms with van der Waals surface area (Å²) in [5, 5.41) is 3.00. The Morgan fingerprint density at radius 2 is 2.16 bits per heavy atom. The summed E-state index contributed by atoms with van der Waals surface area (Å²) in [5.74, 6) is 0.0608. The van der Waals surface area contributed by atoms with E-state index in [1.54, 1.807) is 0 Å². The van der Waals surface area contributed by atoms with Gasteiger partial charge in [-0.25, -0.2) is 0 Å². The number of carbonyl (C=O) groups excluding carboxylic acids is 2. The van der Waals surface area contributed by atoms with Gasteiger partial charge in [-0.15, -0.1) is 12.4 Å². The molecule has 1 aliphatic heterocycles. The maximum absolute atomic E-state index is 12.0. The monoisotopic (exact) mass is 291 g/mol. The number of nitrogens with zero attached hydrogens (tertiary/aromatic N) is 1. The van der Waals surface area contributed by atoms with Crippen molar-refractivity contribution < 1.29 is 9.59 Å². The highest BCUT2D eigenvalue weighted by molar-refractivity contribution is 5.85. The molecule has 0 saturated carbocycles. The van der Waals surface area contributed by atoms with Gasteiger partial charge in [-0.1, -0.05) is 13.8 Å². The molecule has 0 bridgehead atoms. The van der Waals surface area contributed by atoms with Gasteiger partial charge < -0.3 is 16.0 Å². The van der Waals surface area contributed by atoms with E-state index in [9.17, 15) is 9.59 Å². The lowest BCUT2D eigenvalue weighted by atomic mass is 10.0. The van der Waals surface area contributed by atoms with E-state index in [1.165, 1.54) is 0 Å². The largest absolute Gasteiger partial charge is 0.352 e. The third-order valence-electron chi connectivity index (χ3n) is 3.35. The molecule has 6 heteroatoms. The first kappa shape index (κ1) is 18.2.